The van der Waals surface area contributed by atoms with Gasteiger partial charge in [0.15, 0.2) is 0 Å². The van der Waals surface area contributed by atoms with Crippen LogP contribution in [0.2, 0.25) is 0 Å². The topological polar surface area (TPSA) is 46.9 Å². The fourth-order valence-electron chi connectivity index (χ4n) is 1.84. The van der Waals surface area contributed by atoms with Crippen molar-refractivity contribution in [3.63, 3.8) is 0 Å². The largest absolute Gasteiger partial charge is 0.353 e. The van der Waals surface area contributed by atoms with E-state index in [4.69, 9.17) is 0 Å². The Bertz CT molecular complexity index is 331. The molecule has 1 aliphatic rings. The summed E-state index contributed by atoms with van der Waals surface area (Å²) in [6.45, 7) is 2.02. The van der Waals surface area contributed by atoms with Crippen molar-refractivity contribution in [3.8, 4) is 0 Å². The molecule has 1 saturated heterocycles. The number of hydrogen-bond donors (Lipinski definition) is 1. The van der Waals surface area contributed by atoms with E-state index in [9.17, 15) is 4.79 Å². The molecule has 0 aromatic carbocycles. The molecule has 1 N–H and O–H groups in total. The van der Waals surface area contributed by atoms with Gasteiger partial charge in [-0.2, -0.15) is 0 Å². The summed E-state index contributed by atoms with van der Waals surface area (Å²) in [4.78, 5) is 15.4. The predicted octanol–water partition coefficient (Wildman–Crippen LogP) is 0.412. The molecule has 0 spiro atoms. The summed E-state index contributed by atoms with van der Waals surface area (Å²) in [5.41, 5.74) is 0. The summed E-state index contributed by atoms with van der Waals surface area (Å²) in [5, 5.41) is 2.89. The normalized spacial score (nSPS) is 27.7. The number of aromatic nitrogens is 2. The van der Waals surface area contributed by atoms with Crippen molar-refractivity contribution >= 4 is 5.91 Å². The summed E-state index contributed by atoms with van der Waals surface area (Å²) in [5.74, 6) is 1.35. The third kappa shape index (κ3) is 1.32. The summed E-state index contributed by atoms with van der Waals surface area (Å²) in [6.07, 6.45) is 4.24. The lowest BCUT2D eigenvalue weighted by molar-refractivity contribution is -0.119. The molecule has 1 fully saturated rings. The van der Waals surface area contributed by atoms with E-state index in [1.54, 1.807) is 6.20 Å². The molecule has 4 heteroatoms. The Labute approximate surface area is 77.0 Å². The average Bonchev–Trinajstić information content (AvgIpc) is 2.58. The maximum Gasteiger partial charge on any atom is 0.221 e. The molecule has 70 valence electrons. The van der Waals surface area contributed by atoms with Gasteiger partial charge in [-0.3, -0.25) is 4.79 Å². The highest BCUT2D eigenvalue weighted by Gasteiger charge is 2.32. The minimum absolute atomic E-state index is 0.125. The second kappa shape index (κ2) is 2.87. The molecule has 2 atom stereocenters. The van der Waals surface area contributed by atoms with Crippen molar-refractivity contribution in [1.29, 1.82) is 0 Å². The summed E-state index contributed by atoms with van der Waals surface area (Å²) in [7, 11) is 1.96. The van der Waals surface area contributed by atoms with Crippen LogP contribution in [-0.2, 0) is 11.8 Å². The minimum atomic E-state index is 0.125. The van der Waals surface area contributed by atoms with Gasteiger partial charge < -0.3 is 9.88 Å². The van der Waals surface area contributed by atoms with Crippen LogP contribution in [-0.4, -0.2) is 21.5 Å². The molecule has 0 bridgehead atoms. The Morgan fingerprint density at radius 2 is 2.46 bits per heavy atom. The SMILES string of the molecule is CC1NC(=O)CC1c1nccn1C. The highest BCUT2D eigenvalue weighted by Crippen LogP contribution is 2.26. The van der Waals surface area contributed by atoms with Crippen LogP contribution >= 0.6 is 0 Å². The van der Waals surface area contributed by atoms with E-state index in [0.29, 0.717) is 6.42 Å². The van der Waals surface area contributed by atoms with Gasteiger partial charge in [-0.05, 0) is 6.92 Å². The second-order valence-corrected chi connectivity index (χ2v) is 3.56. The van der Waals surface area contributed by atoms with Gasteiger partial charge in [-0.1, -0.05) is 0 Å². The van der Waals surface area contributed by atoms with Gasteiger partial charge in [0, 0.05) is 37.8 Å². The van der Waals surface area contributed by atoms with Crippen LogP contribution in [0.4, 0.5) is 0 Å². The third-order valence-electron chi connectivity index (χ3n) is 2.59. The lowest BCUT2D eigenvalue weighted by Crippen LogP contribution is -2.25. The van der Waals surface area contributed by atoms with Gasteiger partial charge in [-0.25, -0.2) is 4.98 Å². The second-order valence-electron chi connectivity index (χ2n) is 3.56. The van der Waals surface area contributed by atoms with E-state index in [-0.39, 0.29) is 17.9 Å². The van der Waals surface area contributed by atoms with Crippen molar-refractivity contribution in [3.05, 3.63) is 18.2 Å². The standard InChI is InChI=1S/C9H13N3O/c1-6-7(5-8(13)11-6)9-10-3-4-12(9)2/h3-4,6-7H,5H2,1-2H3,(H,11,13). The third-order valence-corrected chi connectivity index (χ3v) is 2.59. The molecule has 0 aliphatic carbocycles. The van der Waals surface area contributed by atoms with Crippen molar-refractivity contribution < 1.29 is 4.79 Å². The number of rotatable bonds is 1. The number of carbonyl (C=O) groups excluding carboxylic acids is 1. The van der Waals surface area contributed by atoms with E-state index in [0.717, 1.165) is 5.82 Å². The zero-order chi connectivity index (χ0) is 9.42. The van der Waals surface area contributed by atoms with Gasteiger partial charge in [-0.15, -0.1) is 0 Å². The van der Waals surface area contributed by atoms with Crippen molar-refractivity contribution in [2.75, 3.05) is 0 Å². The highest BCUT2D eigenvalue weighted by atomic mass is 16.2. The van der Waals surface area contributed by atoms with Crippen LogP contribution in [0.15, 0.2) is 12.4 Å². The summed E-state index contributed by atoms with van der Waals surface area (Å²) in [6, 6.07) is 0.202. The molecule has 4 nitrogen and oxygen atoms in total. The number of amides is 1. The molecule has 2 unspecified atom stereocenters. The van der Waals surface area contributed by atoms with Gasteiger partial charge in [0.25, 0.3) is 0 Å². The zero-order valence-electron chi connectivity index (χ0n) is 7.82. The van der Waals surface area contributed by atoms with Gasteiger partial charge in [0.2, 0.25) is 5.91 Å². The molecular weight excluding hydrogens is 166 g/mol. The first kappa shape index (κ1) is 8.29. The number of nitrogens with one attached hydrogen (secondary N) is 1. The first-order valence-electron chi connectivity index (χ1n) is 4.45. The van der Waals surface area contributed by atoms with E-state index in [2.05, 4.69) is 10.3 Å². The Morgan fingerprint density at radius 1 is 1.69 bits per heavy atom. The lowest BCUT2D eigenvalue weighted by atomic mass is 10.0. The number of hydrogen-bond acceptors (Lipinski definition) is 2. The maximum absolute atomic E-state index is 11.1. The zero-order valence-corrected chi connectivity index (χ0v) is 7.82. The van der Waals surface area contributed by atoms with Crippen LogP contribution in [0.25, 0.3) is 0 Å². The highest BCUT2D eigenvalue weighted by molar-refractivity contribution is 5.79. The van der Waals surface area contributed by atoms with Crippen LogP contribution in [0, 0.1) is 0 Å². The lowest BCUT2D eigenvalue weighted by Gasteiger charge is -2.13. The van der Waals surface area contributed by atoms with Gasteiger partial charge >= 0.3 is 0 Å². The van der Waals surface area contributed by atoms with Crippen molar-refractivity contribution in [2.45, 2.75) is 25.3 Å². The van der Waals surface area contributed by atoms with Gasteiger partial charge in [0.05, 0.1) is 0 Å². The summed E-state index contributed by atoms with van der Waals surface area (Å²) >= 11 is 0. The van der Waals surface area contributed by atoms with Gasteiger partial charge in [0.1, 0.15) is 5.82 Å². The Morgan fingerprint density at radius 3 is 2.92 bits per heavy atom. The number of carbonyl (C=O) groups is 1. The van der Waals surface area contributed by atoms with Crippen molar-refractivity contribution in [2.24, 2.45) is 7.05 Å². The molecule has 1 amide bonds. The predicted molar refractivity (Wildman–Crippen MR) is 48.2 cm³/mol. The van der Waals surface area contributed by atoms with E-state index >= 15 is 0 Å². The molecule has 0 saturated carbocycles. The first-order valence-corrected chi connectivity index (χ1v) is 4.45. The number of aryl methyl sites for hydroxylation is 1. The summed E-state index contributed by atoms with van der Waals surface area (Å²) < 4.78 is 1.97. The first-order chi connectivity index (χ1) is 6.18. The molecule has 2 heterocycles. The fourth-order valence-corrected chi connectivity index (χ4v) is 1.84. The monoisotopic (exact) mass is 179 g/mol. The minimum Gasteiger partial charge on any atom is -0.353 e. The van der Waals surface area contributed by atoms with Crippen LogP contribution < -0.4 is 5.32 Å². The molecular formula is C9H13N3O. The Balaban J connectivity index is 2.27. The van der Waals surface area contributed by atoms with Crippen LogP contribution in [0.1, 0.15) is 25.1 Å². The molecule has 0 radical (unpaired) electrons. The molecule has 13 heavy (non-hydrogen) atoms. The molecule has 2 rings (SSSR count). The Kier molecular flexibility index (Phi) is 1.83. The smallest absolute Gasteiger partial charge is 0.221 e. The molecule has 1 aliphatic heterocycles. The van der Waals surface area contributed by atoms with E-state index in [1.807, 2.05) is 24.7 Å². The van der Waals surface area contributed by atoms with E-state index < -0.39 is 0 Å². The van der Waals surface area contributed by atoms with Crippen molar-refractivity contribution in [1.82, 2.24) is 14.9 Å². The quantitative estimate of drug-likeness (QED) is 0.678. The fraction of sp³-hybridized carbons (Fsp3) is 0.556. The number of imidazole rings is 1. The van der Waals surface area contributed by atoms with Crippen LogP contribution in [0.5, 0.6) is 0 Å². The van der Waals surface area contributed by atoms with Crippen LogP contribution in [0.3, 0.4) is 0 Å². The number of nitrogens with zero attached hydrogens (tertiary/aromatic N) is 2. The average molecular weight is 179 g/mol. The van der Waals surface area contributed by atoms with E-state index in [1.165, 1.54) is 0 Å². The maximum atomic E-state index is 11.1. The molecule has 1 aromatic rings. The molecule has 1 aromatic heterocycles. The Hall–Kier alpha value is -1.32.